The van der Waals surface area contributed by atoms with Gasteiger partial charge < -0.3 is 10.2 Å². The zero-order chi connectivity index (χ0) is 16.4. The first-order valence-electron chi connectivity index (χ1n) is 8.56. The van der Waals surface area contributed by atoms with Crippen LogP contribution in [0.3, 0.4) is 0 Å². The van der Waals surface area contributed by atoms with Gasteiger partial charge in [0.05, 0.1) is 17.1 Å². The monoisotopic (exact) mass is 339 g/mol. The van der Waals surface area contributed by atoms with Crippen molar-refractivity contribution in [3.63, 3.8) is 0 Å². The van der Waals surface area contributed by atoms with E-state index >= 15 is 0 Å². The fourth-order valence-electron chi connectivity index (χ4n) is 3.32. The molecule has 1 unspecified atom stereocenters. The molecule has 1 N–H and O–H groups in total. The third-order valence-corrected chi connectivity index (χ3v) is 5.95. The number of piperidine rings is 1. The number of carbonyl (C=O) groups is 1. The predicted octanol–water partition coefficient (Wildman–Crippen LogP) is 3.73. The molecule has 1 aromatic heterocycles. The molecule has 2 aliphatic heterocycles. The summed E-state index contributed by atoms with van der Waals surface area (Å²) in [5, 5.41) is 2.96. The van der Waals surface area contributed by atoms with Crippen LogP contribution in [0, 0.1) is 0 Å². The molecular weight excluding hydrogens is 318 g/mol. The van der Waals surface area contributed by atoms with E-state index in [1.54, 1.807) is 18.0 Å². The maximum absolute atomic E-state index is 12.5. The van der Waals surface area contributed by atoms with Crippen LogP contribution in [0.4, 0.5) is 11.5 Å². The van der Waals surface area contributed by atoms with Gasteiger partial charge in [0.25, 0.3) is 0 Å². The number of carbonyl (C=O) groups excluding carboxylic acids is 1. The third-order valence-electron chi connectivity index (χ3n) is 4.64. The number of hydrogen-bond donors (Lipinski definition) is 1. The topological polar surface area (TPSA) is 45.2 Å². The van der Waals surface area contributed by atoms with Gasteiger partial charge in [-0.3, -0.25) is 4.79 Å². The van der Waals surface area contributed by atoms with Gasteiger partial charge >= 0.3 is 0 Å². The van der Waals surface area contributed by atoms with Crippen LogP contribution in [0.25, 0.3) is 0 Å². The van der Waals surface area contributed by atoms with Crippen molar-refractivity contribution >= 4 is 29.2 Å². The van der Waals surface area contributed by atoms with Crippen molar-refractivity contribution in [1.29, 1.82) is 0 Å². The molecule has 1 atom stereocenters. The molecule has 1 saturated heterocycles. The van der Waals surface area contributed by atoms with Crippen LogP contribution in [-0.4, -0.2) is 29.2 Å². The normalized spacial score (nSPS) is 19.8. The van der Waals surface area contributed by atoms with E-state index in [-0.39, 0.29) is 11.2 Å². The molecule has 0 aliphatic carbocycles. The smallest absolute Gasteiger partial charge is 0.238 e. The highest BCUT2D eigenvalue weighted by molar-refractivity contribution is 8.01. The summed E-state index contributed by atoms with van der Waals surface area (Å²) >= 11 is 1.65. The van der Waals surface area contributed by atoms with Gasteiger partial charge in [0.15, 0.2) is 0 Å². The van der Waals surface area contributed by atoms with E-state index < -0.39 is 0 Å². The number of anilines is 2. The Balaban J connectivity index is 1.38. The Morgan fingerprint density at radius 2 is 1.96 bits per heavy atom. The number of rotatable bonds is 3. The Kier molecular flexibility index (Phi) is 4.43. The highest BCUT2D eigenvalue weighted by atomic mass is 32.2. The summed E-state index contributed by atoms with van der Waals surface area (Å²) in [4.78, 5) is 20.6. The van der Waals surface area contributed by atoms with Gasteiger partial charge in [-0.1, -0.05) is 18.2 Å². The molecule has 0 radical (unpaired) electrons. The highest BCUT2D eigenvalue weighted by Crippen LogP contribution is 2.37. The molecule has 4 rings (SSSR count). The van der Waals surface area contributed by atoms with Crippen molar-refractivity contribution in [1.82, 2.24) is 4.98 Å². The van der Waals surface area contributed by atoms with E-state index in [1.807, 2.05) is 24.3 Å². The number of benzene rings is 1. The molecule has 0 saturated carbocycles. The number of aromatic nitrogens is 1. The van der Waals surface area contributed by atoms with E-state index in [2.05, 4.69) is 27.3 Å². The van der Waals surface area contributed by atoms with E-state index in [4.69, 9.17) is 0 Å². The second-order valence-corrected chi connectivity index (χ2v) is 7.60. The van der Waals surface area contributed by atoms with Crippen molar-refractivity contribution in [2.24, 2.45) is 0 Å². The summed E-state index contributed by atoms with van der Waals surface area (Å²) < 4.78 is 0. The summed E-state index contributed by atoms with van der Waals surface area (Å²) in [5.41, 5.74) is 2.04. The lowest BCUT2D eigenvalue weighted by atomic mass is 10.1. The number of nitrogens with one attached hydrogen (secondary N) is 1. The second-order valence-electron chi connectivity index (χ2n) is 6.36. The fraction of sp³-hybridized carbons (Fsp3) is 0.368. The number of nitrogens with zero attached hydrogens (tertiary/aromatic N) is 2. The molecule has 5 heteroatoms. The molecule has 0 bridgehead atoms. The van der Waals surface area contributed by atoms with E-state index in [0.717, 1.165) is 31.0 Å². The van der Waals surface area contributed by atoms with Crippen molar-refractivity contribution < 1.29 is 4.79 Å². The van der Waals surface area contributed by atoms with Gasteiger partial charge in [-0.2, -0.15) is 0 Å². The lowest BCUT2D eigenvalue weighted by molar-refractivity contribution is -0.115. The van der Waals surface area contributed by atoms with Gasteiger partial charge in [-0.05, 0) is 49.4 Å². The standard InChI is InChI=1S/C19H21N3OS/c23-19(17-12-14-6-2-3-7-16(14)24-17)21-15-8-9-18(20-13-15)22-10-4-1-5-11-22/h2-3,6-9,13,17H,1,4-5,10-12H2,(H,21,23). The third kappa shape index (κ3) is 3.26. The lowest BCUT2D eigenvalue weighted by Crippen LogP contribution is -2.30. The number of thioether (sulfide) groups is 1. The molecule has 1 fully saturated rings. The quantitative estimate of drug-likeness (QED) is 0.925. The van der Waals surface area contributed by atoms with Crippen LogP contribution in [0.1, 0.15) is 24.8 Å². The van der Waals surface area contributed by atoms with Gasteiger partial charge in [0.2, 0.25) is 5.91 Å². The van der Waals surface area contributed by atoms with Crippen LogP contribution in [0.5, 0.6) is 0 Å². The summed E-state index contributed by atoms with van der Waals surface area (Å²) in [5.74, 6) is 1.07. The first-order chi connectivity index (χ1) is 11.8. The predicted molar refractivity (Wildman–Crippen MR) is 98.7 cm³/mol. The summed E-state index contributed by atoms with van der Waals surface area (Å²) in [6.07, 6.45) is 6.35. The minimum Gasteiger partial charge on any atom is -0.357 e. The second kappa shape index (κ2) is 6.85. The van der Waals surface area contributed by atoms with Crippen LogP contribution >= 0.6 is 11.8 Å². The number of fused-ring (bicyclic) bond motifs is 1. The molecule has 2 aliphatic rings. The average molecular weight is 339 g/mol. The molecule has 2 aromatic rings. The molecule has 124 valence electrons. The first kappa shape index (κ1) is 15.5. The Morgan fingerprint density at radius 3 is 2.71 bits per heavy atom. The molecule has 4 nitrogen and oxygen atoms in total. The maximum Gasteiger partial charge on any atom is 0.238 e. The molecule has 1 amide bonds. The highest BCUT2D eigenvalue weighted by Gasteiger charge is 2.28. The van der Waals surface area contributed by atoms with Crippen LogP contribution in [0.2, 0.25) is 0 Å². The Bertz CT molecular complexity index is 701. The summed E-state index contributed by atoms with van der Waals surface area (Å²) in [6, 6.07) is 12.2. The Labute approximate surface area is 146 Å². The van der Waals surface area contributed by atoms with Crippen molar-refractivity contribution in [3.05, 3.63) is 48.2 Å². The zero-order valence-corrected chi connectivity index (χ0v) is 14.4. The summed E-state index contributed by atoms with van der Waals surface area (Å²) in [6.45, 7) is 2.16. The van der Waals surface area contributed by atoms with E-state index in [1.165, 1.54) is 29.7 Å². The van der Waals surface area contributed by atoms with E-state index in [9.17, 15) is 4.79 Å². The number of hydrogen-bond acceptors (Lipinski definition) is 4. The van der Waals surface area contributed by atoms with E-state index in [0.29, 0.717) is 0 Å². The fourth-order valence-corrected chi connectivity index (χ4v) is 4.52. The minimum absolute atomic E-state index is 0.0517. The Morgan fingerprint density at radius 1 is 1.12 bits per heavy atom. The number of amides is 1. The van der Waals surface area contributed by atoms with Crippen LogP contribution in [-0.2, 0) is 11.2 Å². The van der Waals surface area contributed by atoms with Crippen LogP contribution < -0.4 is 10.2 Å². The summed E-state index contributed by atoms with van der Waals surface area (Å²) in [7, 11) is 0. The van der Waals surface area contributed by atoms with Gasteiger partial charge in [-0.25, -0.2) is 4.98 Å². The van der Waals surface area contributed by atoms with Gasteiger partial charge in [0, 0.05) is 18.0 Å². The molecule has 24 heavy (non-hydrogen) atoms. The lowest BCUT2D eigenvalue weighted by Gasteiger charge is -2.27. The SMILES string of the molecule is O=C(Nc1ccc(N2CCCCC2)nc1)C1Cc2ccccc2S1. The first-order valence-corrected chi connectivity index (χ1v) is 9.44. The molecular formula is C19H21N3OS. The van der Waals surface area contributed by atoms with Gasteiger partial charge in [-0.15, -0.1) is 11.8 Å². The number of pyridine rings is 1. The molecule has 3 heterocycles. The largest absolute Gasteiger partial charge is 0.357 e. The minimum atomic E-state index is -0.0517. The molecule has 0 spiro atoms. The van der Waals surface area contributed by atoms with Crippen LogP contribution in [0.15, 0.2) is 47.5 Å². The zero-order valence-electron chi connectivity index (χ0n) is 13.6. The average Bonchev–Trinajstić information content (AvgIpc) is 3.07. The maximum atomic E-state index is 12.5. The van der Waals surface area contributed by atoms with Gasteiger partial charge in [0.1, 0.15) is 5.82 Å². The van der Waals surface area contributed by atoms with Crippen molar-refractivity contribution in [3.8, 4) is 0 Å². The molecule has 1 aromatic carbocycles. The van der Waals surface area contributed by atoms with Crippen molar-refractivity contribution in [2.75, 3.05) is 23.3 Å². The Hall–Kier alpha value is -2.01. The van der Waals surface area contributed by atoms with Crippen molar-refractivity contribution in [2.45, 2.75) is 35.8 Å².